The Morgan fingerprint density at radius 3 is 3.00 bits per heavy atom. The third-order valence-corrected chi connectivity index (χ3v) is 3.78. The van der Waals surface area contributed by atoms with Gasteiger partial charge in [0.05, 0.1) is 5.60 Å². The van der Waals surface area contributed by atoms with Crippen LogP contribution in [-0.2, 0) is 5.60 Å². The highest BCUT2D eigenvalue weighted by molar-refractivity contribution is 5.32. The second-order valence-electron chi connectivity index (χ2n) is 5.03. The first-order valence-electron chi connectivity index (χ1n) is 9.24. The number of aliphatic hydroxyl groups is 1. The molecule has 0 unspecified atom stereocenters. The molecule has 1 saturated carbocycles. The summed E-state index contributed by atoms with van der Waals surface area (Å²) in [7, 11) is 0. The molecule has 1 fully saturated rings. The van der Waals surface area contributed by atoms with E-state index in [9.17, 15) is 10.2 Å². The highest BCUT2D eigenvalue weighted by atomic mass is 16.3. The van der Waals surface area contributed by atoms with Gasteiger partial charge >= 0.3 is 0 Å². The van der Waals surface area contributed by atoms with Gasteiger partial charge in [0.1, 0.15) is 5.75 Å². The molecule has 0 radical (unpaired) electrons. The maximum atomic E-state index is 11.2. The number of nitrogens with zero attached hydrogens (tertiary/aromatic N) is 1. The summed E-state index contributed by atoms with van der Waals surface area (Å²) in [6.45, 7) is -5.82. The van der Waals surface area contributed by atoms with Crippen LogP contribution >= 0.6 is 0 Å². The lowest BCUT2D eigenvalue weighted by Crippen LogP contribution is -2.43. The van der Waals surface area contributed by atoms with E-state index in [-0.39, 0.29) is 12.3 Å². The molecule has 0 aliphatic heterocycles. The second-order valence-corrected chi connectivity index (χ2v) is 5.03. The molecule has 2 N–H and O–H groups in total. The van der Waals surface area contributed by atoms with Gasteiger partial charge in [0.15, 0.2) is 0 Å². The van der Waals surface area contributed by atoms with Crippen molar-refractivity contribution in [1.82, 2.24) is 4.90 Å². The highest BCUT2D eigenvalue weighted by Crippen LogP contribution is 2.42. The molecule has 0 bridgehead atoms. The Hall–Kier alpha value is -1.06. The van der Waals surface area contributed by atoms with Gasteiger partial charge < -0.3 is 15.1 Å². The van der Waals surface area contributed by atoms with E-state index in [1.807, 2.05) is 0 Å². The molecule has 1 aromatic rings. The first-order valence-corrected chi connectivity index (χ1v) is 6.24. The van der Waals surface area contributed by atoms with Crippen molar-refractivity contribution in [3.8, 4) is 5.75 Å². The molecule has 3 nitrogen and oxygen atoms in total. The van der Waals surface area contributed by atoms with E-state index in [0.29, 0.717) is 23.3 Å². The molecule has 1 aliphatic rings. The first kappa shape index (κ1) is 7.51. The number of rotatable bonds is 3. The van der Waals surface area contributed by atoms with Crippen molar-refractivity contribution >= 4 is 0 Å². The Balaban J connectivity index is 2.35. The molecule has 18 heavy (non-hydrogen) atoms. The molecule has 2 atom stereocenters. The Morgan fingerprint density at radius 2 is 2.28 bits per heavy atom. The largest absolute Gasteiger partial charge is 0.508 e. The van der Waals surface area contributed by atoms with Crippen molar-refractivity contribution in [2.45, 2.75) is 31.3 Å². The number of phenolic OH excluding ortho intramolecular Hbond substituents is 1. The minimum atomic E-state index is -2.78. The summed E-state index contributed by atoms with van der Waals surface area (Å²) in [5.41, 5.74) is -0.866. The summed E-state index contributed by atoms with van der Waals surface area (Å²) >= 11 is 0. The van der Waals surface area contributed by atoms with E-state index in [4.69, 9.17) is 8.22 Å². The van der Waals surface area contributed by atoms with Crippen LogP contribution in [0, 0.1) is 5.92 Å². The van der Waals surface area contributed by atoms with Gasteiger partial charge in [-0.1, -0.05) is 25.0 Å². The average Bonchev–Trinajstić information content (AvgIpc) is 2.43. The lowest BCUT2D eigenvalue weighted by atomic mass is 9.71. The Bertz CT molecular complexity index is 560. The van der Waals surface area contributed by atoms with Crippen LogP contribution in [0.5, 0.6) is 5.75 Å². The van der Waals surface area contributed by atoms with Gasteiger partial charge in [-0.2, -0.15) is 0 Å². The smallest absolute Gasteiger partial charge is 0.115 e. The maximum Gasteiger partial charge on any atom is 0.115 e. The fraction of sp³-hybridized carbons (Fsp3) is 0.600. The van der Waals surface area contributed by atoms with Gasteiger partial charge in [0.2, 0.25) is 0 Å². The quantitative estimate of drug-likeness (QED) is 0.871. The van der Waals surface area contributed by atoms with Crippen molar-refractivity contribution in [3.05, 3.63) is 29.8 Å². The van der Waals surface area contributed by atoms with Crippen molar-refractivity contribution in [3.63, 3.8) is 0 Å². The van der Waals surface area contributed by atoms with Crippen LogP contribution < -0.4 is 0 Å². The predicted molar refractivity (Wildman–Crippen MR) is 72.5 cm³/mol. The molecule has 100 valence electrons. The summed E-state index contributed by atoms with van der Waals surface area (Å²) in [6, 6.07) is 6.22. The Morgan fingerprint density at radius 1 is 1.44 bits per heavy atom. The van der Waals surface area contributed by atoms with Crippen molar-refractivity contribution < 1.29 is 18.4 Å². The zero-order valence-electron chi connectivity index (χ0n) is 16.3. The summed E-state index contributed by atoms with van der Waals surface area (Å²) < 4.78 is 45.1. The molecular weight excluding hydrogens is 226 g/mol. The van der Waals surface area contributed by atoms with Crippen LogP contribution in [0.4, 0.5) is 0 Å². The van der Waals surface area contributed by atoms with Crippen LogP contribution in [0.3, 0.4) is 0 Å². The Kier molecular flexibility index (Phi) is 2.21. The van der Waals surface area contributed by atoms with Gasteiger partial charge in [0.25, 0.3) is 0 Å². The normalized spacial score (nSPS) is 34.9. The number of hydrogen-bond acceptors (Lipinski definition) is 3. The van der Waals surface area contributed by atoms with E-state index < -0.39 is 25.5 Å². The molecule has 0 amide bonds. The maximum absolute atomic E-state index is 11.2. The molecule has 1 aliphatic carbocycles. The third-order valence-electron chi connectivity index (χ3n) is 3.78. The molecule has 0 aromatic heterocycles. The summed E-state index contributed by atoms with van der Waals surface area (Å²) in [5.74, 6) is -0.539. The summed E-state index contributed by atoms with van der Waals surface area (Å²) in [5, 5.41) is 20.9. The zero-order chi connectivity index (χ0) is 18.2. The number of aromatic hydroxyl groups is 1. The molecule has 0 spiro atoms. The van der Waals surface area contributed by atoms with Crippen molar-refractivity contribution in [2.75, 3.05) is 20.5 Å². The van der Waals surface area contributed by atoms with Crippen molar-refractivity contribution in [2.24, 2.45) is 5.92 Å². The van der Waals surface area contributed by atoms with E-state index in [0.717, 1.165) is 12.8 Å². The Labute approximate surface area is 117 Å². The molecule has 2 rings (SSSR count). The minimum absolute atomic E-state index is 0.00810. The van der Waals surface area contributed by atoms with Gasteiger partial charge in [-0.15, -0.1) is 0 Å². The summed E-state index contributed by atoms with van der Waals surface area (Å²) in [4.78, 5) is 0.504. The number of phenols is 1. The molecule has 0 saturated heterocycles. The van der Waals surface area contributed by atoms with Gasteiger partial charge in [-0.05, 0) is 44.5 Å². The van der Waals surface area contributed by atoms with Crippen LogP contribution in [0.15, 0.2) is 24.3 Å². The fourth-order valence-corrected chi connectivity index (χ4v) is 2.85. The highest BCUT2D eigenvalue weighted by Gasteiger charge is 2.40. The third kappa shape index (κ3) is 2.68. The van der Waals surface area contributed by atoms with E-state index >= 15 is 0 Å². The molecular formula is C15H23NO2. The van der Waals surface area contributed by atoms with Gasteiger partial charge in [-0.3, -0.25) is 0 Å². The first-order chi connectivity index (χ1) is 10.9. The zero-order valence-corrected chi connectivity index (χ0v) is 10.3. The summed E-state index contributed by atoms with van der Waals surface area (Å²) in [6.07, 6.45) is 2.47. The topological polar surface area (TPSA) is 43.7 Å². The predicted octanol–water partition coefficient (Wildman–Crippen LogP) is 2.33. The number of benzene rings is 1. The number of hydrogen-bond donors (Lipinski definition) is 2. The van der Waals surface area contributed by atoms with E-state index in [1.54, 1.807) is 12.1 Å². The fourth-order valence-electron chi connectivity index (χ4n) is 2.85. The van der Waals surface area contributed by atoms with Crippen molar-refractivity contribution in [1.29, 1.82) is 0 Å². The van der Waals surface area contributed by atoms with Crippen LogP contribution in [0.1, 0.15) is 39.5 Å². The van der Waals surface area contributed by atoms with Gasteiger partial charge in [0, 0.05) is 20.7 Å². The molecule has 0 heterocycles. The average molecular weight is 255 g/mol. The van der Waals surface area contributed by atoms with Crippen LogP contribution in [0.25, 0.3) is 0 Å². The van der Waals surface area contributed by atoms with Gasteiger partial charge in [-0.25, -0.2) is 0 Å². The molecule has 3 heteroatoms. The minimum Gasteiger partial charge on any atom is -0.508 e. The van der Waals surface area contributed by atoms with Crippen LogP contribution in [0.2, 0.25) is 0 Å². The monoisotopic (exact) mass is 255 g/mol. The lowest BCUT2D eigenvalue weighted by Gasteiger charge is -2.41. The SMILES string of the molecule is [2H]C([2H])([2H])N(C[C@@H]1CCCC[C@@]1(O)c1cccc(O)c1)C([2H])([2H])[2H]. The van der Waals surface area contributed by atoms with E-state index in [1.165, 1.54) is 12.1 Å². The van der Waals surface area contributed by atoms with Crippen LogP contribution in [-0.4, -0.2) is 35.6 Å². The second kappa shape index (κ2) is 5.29. The molecule has 1 aromatic carbocycles. The lowest BCUT2D eigenvalue weighted by molar-refractivity contribution is -0.0619. The van der Waals surface area contributed by atoms with E-state index in [2.05, 4.69) is 0 Å². The standard InChI is InChI=1S/C15H23NO2/c1-16(2)11-13-6-3-4-9-15(13,18)12-7-5-8-14(17)10-12/h5,7-8,10,13,17-18H,3-4,6,9,11H2,1-2H3/t13-,15+/m0/s1/i1D3,2D3.